The third kappa shape index (κ3) is 3.62. The van der Waals surface area contributed by atoms with E-state index < -0.39 is 22.0 Å². The monoisotopic (exact) mass is 464 g/mol. The summed E-state index contributed by atoms with van der Waals surface area (Å²) in [5, 5.41) is 3.01. The number of pyridine rings is 1. The number of para-hydroxylation sites is 1. The zero-order valence-corrected chi connectivity index (χ0v) is 18.5. The number of carbonyl (C=O) groups is 3. The highest BCUT2D eigenvalue weighted by molar-refractivity contribution is 7.93. The van der Waals surface area contributed by atoms with Crippen molar-refractivity contribution >= 4 is 44.3 Å². The number of hydrogen-bond acceptors (Lipinski definition) is 6. The molecule has 3 heterocycles. The number of sulfonamides is 1. The van der Waals surface area contributed by atoms with Gasteiger partial charge in [-0.1, -0.05) is 12.1 Å². The molecule has 3 aromatic rings. The maximum Gasteiger partial charge on any atom is 0.264 e. The largest absolute Gasteiger partial charge is 0.322 e. The zero-order chi connectivity index (χ0) is 23.3. The predicted molar refractivity (Wildman–Crippen MR) is 120 cm³/mol. The molecule has 5 rings (SSSR count). The smallest absolute Gasteiger partial charge is 0.264 e. The Labute approximate surface area is 189 Å². The van der Waals surface area contributed by atoms with E-state index in [2.05, 4.69) is 15.0 Å². The van der Waals surface area contributed by atoms with Gasteiger partial charge in [0.15, 0.2) is 0 Å². The number of piperidine rings is 1. The Bertz CT molecular complexity index is 1450. The third-order valence-electron chi connectivity index (χ3n) is 6.02. The first-order chi connectivity index (χ1) is 15.7. The van der Waals surface area contributed by atoms with Crippen LogP contribution in [0.25, 0.3) is 10.9 Å². The maximum absolute atomic E-state index is 13.2. The standard InChI is InChI=1S/C23H20N4O5S/c1-13-9-10-24-21-16(13)3-2-4-19(21)33(31,32)26-15-5-6-17-14(11-15)12-27(23(17)30)18-7-8-20(28)25-22(18)29/h2-6,9-11,18,26H,7-8,12H2,1H3,(H,25,28,29). The minimum Gasteiger partial charge on any atom is -0.322 e. The second-order valence-electron chi connectivity index (χ2n) is 8.16. The minimum atomic E-state index is -3.95. The van der Waals surface area contributed by atoms with Crippen LogP contribution in [0.3, 0.4) is 0 Å². The molecule has 2 N–H and O–H groups in total. The summed E-state index contributed by atoms with van der Waals surface area (Å²) in [5.74, 6) is -1.16. The molecule has 1 unspecified atom stereocenters. The second-order valence-corrected chi connectivity index (χ2v) is 9.81. The Morgan fingerprint density at radius 3 is 2.73 bits per heavy atom. The van der Waals surface area contributed by atoms with Crippen LogP contribution in [0.5, 0.6) is 0 Å². The van der Waals surface area contributed by atoms with Gasteiger partial charge in [-0.3, -0.25) is 29.4 Å². The number of carbonyl (C=O) groups excluding carboxylic acids is 3. The van der Waals surface area contributed by atoms with Crippen LogP contribution >= 0.6 is 0 Å². The van der Waals surface area contributed by atoms with Gasteiger partial charge in [-0.25, -0.2) is 8.42 Å². The molecular weight excluding hydrogens is 444 g/mol. The van der Waals surface area contributed by atoms with E-state index in [1.54, 1.807) is 24.4 Å². The molecule has 2 aliphatic rings. The molecule has 0 bridgehead atoms. The van der Waals surface area contributed by atoms with Crippen molar-refractivity contribution in [2.24, 2.45) is 0 Å². The van der Waals surface area contributed by atoms with Crippen molar-refractivity contribution in [1.29, 1.82) is 0 Å². The molecule has 1 fully saturated rings. The van der Waals surface area contributed by atoms with Crippen LogP contribution < -0.4 is 10.0 Å². The van der Waals surface area contributed by atoms with E-state index in [1.165, 1.54) is 17.0 Å². The van der Waals surface area contributed by atoms with Crippen LogP contribution in [0, 0.1) is 6.92 Å². The first kappa shape index (κ1) is 21.1. The molecule has 1 aromatic heterocycles. The lowest BCUT2D eigenvalue weighted by molar-refractivity contribution is -0.136. The van der Waals surface area contributed by atoms with Gasteiger partial charge in [0, 0.05) is 35.8 Å². The highest BCUT2D eigenvalue weighted by atomic mass is 32.2. The van der Waals surface area contributed by atoms with E-state index in [-0.39, 0.29) is 36.1 Å². The van der Waals surface area contributed by atoms with Crippen molar-refractivity contribution < 1.29 is 22.8 Å². The van der Waals surface area contributed by atoms with Gasteiger partial charge in [-0.2, -0.15) is 0 Å². The molecule has 168 valence electrons. The maximum atomic E-state index is 13.2. The van der Waals surface area contributed by atoms with E-state index in [0.717, 1.165) is 10.9 Å². The van der Waals surface area contributed by atoms with Crippen molar-refractivity contribution in [2.75, 3.05) is 4.72 Å². The van der Waals surface area contributed by atoms with Gasteiger partial charge < -0.3 is 4.90 Å². The summed E-state index contributed by atoms with van der Waals surface area (Å²) in [6.07, 6.45) is 2.00. The number of aryl methyl sites for hydroxylation is 1. The van der Waals surface area contributed by atoms with Gasteiger partial charge in [0.05, 0.1) is 5.52 Å². The second kappa shape index (κ2) is 7.66. The molecule has 3 amide bonds. The van der Waals surface area contributed by atoms with Gasteiger partial charge >= 0.3 is 0 Å². The topological polar surface area (TPSA) is 126 Å². The lowest BCUT2D eigenvalue weighted by Gasteiger charge is -2.29. The number of fused-ring (bicyclic) bond motifs is 2. The zero-order valence-electron chi connectivity index (χ0n) is 17.7. The molecule has 0 aliphatic carbocycles. The number of anilines is 1. The third-order valence-corrected chi connectivity index (χ3v) is 7.43. The lowest BCUT2D eigenvalue weighted by Crippen LogP contribution is -2.52. The van der Waals surface area contributed by atoms with E-state index in [0.29, 0.717) is 22.3 Å². The fraction of sp³-hybridized carbons (Fsp3) is 0.217. The molecule has 0 saturated carbocycles. The summed E-state index contributed by atoms with van der Waals surface area (Å²) in [4.78, 5) is 42.2. The first-order valence-corrected chi connectivity index (χ1v) is 11.9. The van der Waals surface area contributed by atoms with Gasteiger partial charge in [0.1, 0.15) is 10.9 Å². The van der Waals surface area contributed by atoms with Crippen molar-refractivity contribution in [2.45, 2.75) is 37.2 Å². The fourth-order valence-electron chi connectivity index (χ4n) is 4.35. The van der Waals surface area contributed by atoms with E-state index >= 15 is 0 Å². The molecule has 33 heavy (non-hydrogen) atoms. The molecule has 1 saturated heterocycles. The molecule has 0 radical (unpaired) electrons. The molecule has 1 atom stereocenters. The number of hydrogen-bond donors (Lipinski definition) is 2. The quantitative estimate of drug-likeness (QED) is 0.570. The van der Waals surface area contributed by atoms with Crippen LogP contribution in [0.4, 0.5) is 5.69 Å². The highest BCUT2D eigenvalue weighted by Crippen LogP contribution is 2.31. The number of nitrogens with zero attached hydrogens (tertiary/aromatic N) is 2. The summed E-state index contributed by atoms with van der Waals surface area (Å²) in [7, 11) is -3.95. The number of benzene rings is 2. The van der Waals surface area contributed by atoms with E-state index in [1.807, 2.05) is 19.1 Å². The fourth-order valence-corrected chi connectivity index (χ4v) is 5.57. The van der Waals surface area contributed by atoms with Crippen LogP contribution in [-0.4, -0.2) is 42.1 Å². The number of nitrogens with one attached hydrogen (secondary N) is 2. The molecule has 10 heteroatoms. The normalized spacial score (nSPS) is 18.4. The minimum absolute atomic E-state index is 0.0606. The summed E-state index contributed by atoms with van der Waals surface area (Å²) in [6.45, 7) is 2.05. The number of imide groups is 1. The summed E-state index contributed by atoms with van der Waals surface area (Å²) >= 11 is 0. The molecule has 2 aliphatic heterocycles. The molecular formula is C23H20N4O5S. The average Bonchev–Trinajstić information content (AvgIpc) is 3.09. The van der Waals surface area contributed by atoms with Crippen molar-refractivity contribution in [3.8, 4) is 0 Å². The Hall–Kier alpha value is -3.79. The van der Waals surface area contributed by atoms with Gasteiger partial charge in [0.2, 0.25) is 11.8 Å². The molecule has 9 nitrogen and oxygen atoms in total. The average molecular weight is 465 g/mol. The van der Waals surface area contributed by atoms with Crippen molar-refractivity contribution in [1.82, 2.24) is 15.2 Å². The number of aromatic nitrogens is 1. The number of amides is 3. The van der Waals surface area contributed by atoms with E-state index in [9.17, 15) is 22.8 Å². The van der Waals surface area contributed by atoms with Gasteiger partial charge in [-0.05, 0) is 54.8 Å². The van der Waals surface area contributed by atoms with Gasteiger partial charge in [0.25, 0.3) is 15.9 Å². The van der Waals surface area contributed by atoms with Crippen molar-refractivity contribution in [3.63, 3.8) is 0 Å². The Morgan fingerprint density at radius 2 is 1.94 bits per heavy atom. The lowest BCUT2D eigenvalue weighted by atomic mass is 10.0. The highest BCUT2D eigenvalue weighted by Gasteiger charge is 2.39. The Kier molecular flexibility index (Phi) is 4.89. The number of rotatable bonds is 4. The van der Waals surface area contributed by atoms with E-state index in [4.69, 9.17) is 0 Å². The Morgan fingerprint density at radius 1 is 1.12 bits per heavy atom. The Balaban J connectivity index is 1.43. The van der Waals surface area contributed by atoms with Gasteiger partial charge in [-0.15, -0.1) is 0 Å². The summed E-state index contributed by atoms with van der Waals surface area (Å²) in [5.41, 5.74) is 2.62. The first-order valence-electron chi connectivity index (χ1n) is 10.4. The van der Waals surface area contributed by atoms with Crippen LogP contribution in [0.2, 0.25) is 0 Å². The van der Waals surface area contributed by atoms with Crippen LogP contribution in [0.15, 0.2) is 53.6 Å². The molecule has 2 aromatic carbocycles. The van der Waals surface area contributed by atoms with Crippen molar-refractivity contribution in [3.05, 3.63) is 65.4 Å². The molecule has 0 spiro atoms. The van der Waals surface area contributed by atoms with Crippen LogP contribution in [-0.2, 0) is 26.2 Å². The summed E-state index contributed by atoms with van der Waals surface area (Å²) in [6, 6.07) is 10.7. The van der Waals surface area contributed by atoms with Crippen LogP contribution in [0.1, 0.15) is 34.3 Å². The SMILES string of the molecule is Cc1ccnc2c(S(=O)(=O)Nc3ccc4c(c3)CN(C3CCC(=O)NC3=O)C4=O)cccc12. The predicted octanol–water partition coefficient (Wildman–Crippen LogP) is 2.11. The summed E-state index contributed by atoms with van der Waals surface area (Å²) < 4.78 is 28.9.